The molecule has 0 aromatic heterocycles. The number of likely N-dealkylation sites (N-methyl/N-ethyl adjacent to an activating group) is 1. The van der Waals surface area contributed by atoms with E-state index in [0.717, 1.165) is 18.5 Å². The zero-order chi connectivity index (χ0) is 14.4. The van der Waals surface area contributed by atoms with E-state index in [1.807, 2.05) is 0 Å². The van der Waals surface area contributed by atoms with Crippen molar-refractivity contribution in [2.45, 2.75) is 51.5 Å². The van der Waals surface area contributed by atoms with Gasteiger partial charge in [-0.1, -0.05) is 36.2 Å². The maximum Gasteiger partial charge on any atom is 0.127 e. The van der Waals surface area contributed by atoms with Gasteiger partial charge in [-0.15, -0.1) is 0 Å². The van der Waals surface area contributed by atoms with Crippen molar-refractivity contribution in [2.75, 3.05) is 6.54 Å². The van der Waals surface area contributed by atoms with E-state index in [1.54, 1.807) is 12.1 Å². The van der Waals surface area contributed by atoms with Crippen LogP contribution in [0.5, 0.6) is 0 Å². The fraction of sp³-hybridized carbons (Fsp3) is 0.529. The fourth-order valence-corrected chi connectivity index (χ4v) is 3.02. The van der Waals surface area contributed by atoms with Gasteiger partial charge >= 0.3 is 0 Å². The van der Waals surface area contributed by atoms with Crippen molar-refractivity contribution in [3.8, 4) is 0 Å². The highest BCUT2D eigenvalue weighted by atomic mass is 35.5. The molecule has 1 nitrogen and oxygen atoms in total. The second-order valence-corrected chi connectivity index (χ2v) is 5.94. The van der Waals surface area contributed by atoms with Crippen molar-refractivity contribution in [3.63, 3.8) is 0 Å². The summed E-state index contributed by atoms with van der Waals surface area (Å²) < 4.78 is 13.9. The van der Waals surface area contributed by atoms with Crippen LogP contribution in [-0.4, -0.2) is 12.6 Å². The molecule has 0 amide bonds. The van der Waals surface area contributed by atoms with Crippen LogP contribution in [0.4, 0.5) is 4.39 Å². The molecule has 0 saturated heterocycles. The van der Waals surface area contributed by atoms with Gasteiger partial charge in [-0.25, -0.2) is 4.39 Å². The Morgan fingerprint density at radius 3 is 2.80 bits per heavy atom. The molecular formula is C17H23ClFN. The quantitative estimate of drug-likeness (QED) is 0.737. The minimum atomic E-state index is -0.196. The molecular weight excluding hydrogens is 273 g/mol. The third-order valence-electron chi connectivity index (χ3n) is 3.87. The van der Waals surface area contributed by atoms with Crippen molar-refractivity contribution in [3.05, 3.63) is 46.3 Å². The SMILES string of the molecule is CCNC(CC1=CCCCC1)Cc1ccc(Cl)cc1F. The first-order chi connectivity index (χ1) is 9.69. The van der Waals surface area contributed by atoms with E-state index >= 15 is 0 Å². The Balaban J connectivity index is 2.02. The minimum Gasteiger partial charge on any atom is -0.314 e. The molecule has 0 radical (unpaired) electrons. The van der Waals surface area contributed by atoms with Gasteiger partial charge in [0.2, 0.25) is 0 Å². The molecule has 0 aliphatic heterocycles. The third kappa shape index (κ3) is 4.60. The Morgan fingerprint density at radius 2 is 2.15 bits per heavy atom. The van der Waals surface area contributed by atoms with Crippen LogP contribution in [0, 0.1) is 5.82 Å². The van der Waals surface area contributed by atoms with Gasteiger partial charge in [-0.3, -0.25) is 0 Å². The largest absolute Gasteiger partial charge is 0.314 e. The summed E-state index contributed by atoms with van der Waals surface area (Å²) in [5, 5.41) is 3.94. The highest BCUT2D eigenvalue weighted by Gasteiger charge is 2.15. The molecule has 1 unspecified atom stereocenters. The van der Waals surface area contributed by atoms with Crippen LogP contribution in [-0.2, 0) is 6.42 Å². The normalized spacial score (nSPS) is 16.9. The number of hydrogen-bond donors (Lipinski definition) is 1. The zero-order valence-electron chi connectivity index (χ0n) is 12.1. The molecule has 0 heterocycles. The Bertz CT molecular complexity index is 470. The lowest BCUT2D eigenvalue weighted by molar-refractivity contribution is 0.492. The van der Waals surface area contributed by atoms with Crippen molar-refractivity contribution in [1.82, 2.24) is 5.32 Å². The standard InChI is InChI=1S/C17H23ClFN/c1-2-20-16(10-13-6-4-3-5-7-13)11-14-8-9-15(18)12-17(14)19/h6,8-9,12,16,20H,2-5,7,10-11H2,1H3. The minimum absolute atomic E-state index is 0.196. The molecule has 1 aromatic carbocycles. The van der Waals surface area contributed by atoms with Crippen LogP contribution >= 0.6 is 11.6 Å². The van der Waals surface area contributed by atoms with Crippen LogP contribution in [0.25, 0.3) is 0 Å². The van der Waals surface area contributed by atoms with Crippen molar-refractivity contribution in [2.24, 2.45) is 0 Å². The summed E-state index contributed by atoms with van der Waals surface area (Å²) >= 11 is 5.81. The van der Waals surface area contributed by atoms with E-state index < -0.39 is 0 Å². The Hall–Kier alpha value is -0.860. The van der Waals surface area contributed by atoms with Gasteiger partial charge in [0.1, 0.15) is 5.82 Å². The zero-order valence-corrected chi connectivity index (χ0v) is 12.8. The second kappa shape index (κ2) is 7.80. The van der Waals surface area contributed by atoms with Crippen LogP contribution in [0.15, 0.2) is 29.8 Å². The molecule has 0 fully saturated rings. The molecule has 110 valence electrons. The predicted octanol–water partition coefficient (Wildman–Crippen LogP) is 4.89. The number of hydrogen-bond acceptors (Lipinski definition) is 1. The lowest BCUT2D eigenvalue weighted by Crippen LogP contribution is -2.32. The fourth-order valence-electron chi connectivity index (χ4n) is 2.86. The summed E-state index contributed by atoms with van der Waals surface area (Å²) in [7, 11) is 0. The van der Waals surface area contributed by atoms with Crippen LogP contribution in [0.2, 0.25) is 5.02 Å². The smallest absolute Gasteiger partial charge is 0.127 e. The highest BCUT2D eigenvalue weighted by molar-refractivity contribution is 6.30. The number of allylic oxidation sites excluding steroid dienone is 1. The van der Waals surface area contributed by atoms with Gasteiger partial charge in [-0.2, -0.15) is 0 Å². The molecule has 0 bridgehead atoms. The van der Waals surface area contributed by atoms with Gasteiger partial charge < -0.3 is 5.32 Å². The van der Waals surface area contributed by atoms with Crippen molar-refractivity contribution >= 4 is 11.6 Å². The maximum atomic E-state index is 13.9. The van der Waals surface area contributed by atoms with Gasteiger partial charge in [0.15, 0.2) is 0 Å². The van der Waals surface area contributed by atoms with E-state index in [9.17, 15) is 4.39 Å². The number of nitrogens with one attached hydrogen (secondary N) is 1. The molecule has 1 aromatic rings. The molecule has 20 heavy (non-hydrogen) atoms. The first kappa shape index (κ1) is 15.5. The van der Waals surface area contributed by atoms with Crippen LogP contribution in [0.1, 0.15) is 44.6 Å². The van der Waals surface area contributed by atoms with Gasteiger partial charge in [0.25, 0.3) is 0 Å². The van der Waals surface area contributed by atoms with Crippen molar-refractivity contribution in [1.29, 1.82) is 0 Å². The van der Waals surface area contributed by atoms with E-state index in [0.29, 0.717) is 17.5 Å². The lowest BCUT2D eigenvalue weighted by atomic mass is 9.91. The average Bonchev–Trinajstić information content (AvgIpc) is 2.43. The molecule has 0 saturated carbocycles. The Labute approximate surface area is 126 Å². The molecule has 0 spiro atoms. The summed E-state index contributed by atoms with van der Waals surface area (Å²) in [6.07, 6.45) is 9.10. The van der Waals surface area contributed by atoms with Crippen LogP contribution in [0.3, 0.4) is 0 Å². The molecule has 1 aliphatic rings. The predicted molar refractivity (Wildman–Crippen MR) is 83.7 cm³/mol. The van der Waals surface area contributed by atoms with Gasteiger partial charge in [0.05, 0.1) is 0 Å². The van der Waals surface area contributed by atoms with E-state index in [4.69, 9.17) is 11.6 Å². The second-order valence-electron chi connectivity index (χ2n) is 5.51. The van der Waals surface area contributed by atoms with Gasteiger partial charge in [0, 0.05) is 11.1 Å². The summed E-state index contributed by atoms with van der Waals surface area (Å²) in [5.41, 5.74) is 2.27. The van der Waals surface area contributed by atoms with Gasteiger partial charge in [-0.05, 0) is 62.8 Å². The first-order valence-corrected chi connectivity index (χ1v) is 7.92. The Kier molecular flexibility index (Phi) is 6.06. The monoisotopic (exact) mass is 295 g/mol. The summed E-state index contributed by atoms with van der Waals surface area (Å²) in [5.74, 6) is -0.196. The number of rotatable bonds is 6. The average molecular weight is 296 g/mol. The number of halogens is 2. The first-order valence-electron chi connectivity index (χ1n) is 7.54. The highest BCUT2D eigenvalue weighted by Crippen LogP contribution is 2.23. The molecule has 1 N–H and O–H groups in total. The summed E-state index contributed by atoms with van der Waals surface area (Å²) in [6.45, 7) is 3.01. The lowest BCUT2D eigenvalue weighted by Gasteiger charge is -2.22. The van der Waals surface area contributed by atoms with E-state index in [-0.39, 0.29) is 5.82 Å². The molecule has 1 aliphatic carbocycles. The summed E-state index contributed by atoms with van der Waals surface area (Å²) in [6, 6.07) is 5.28. The molecule has 2 rings (SSSR count). The van der Waals surface area contributed by atoms with E-state index in [1.165, 1.54) is 37.3 Å². The maximum absolute atomic E-state index is 13.9. The summed E-state index contributed by atoms with van der Waals surface area (Å²) in [4.78, 5) is 0. The topological polar surface area (TPSA) is 12.0 Å². The van der Waals surface area contributed by atoms with Crippen LogP contribution < -0.4 is 5.32 Å². The third-order valence-corrected chi connectivity index (χ3v) is 4.10. The molecule has 1 atom stereocenters. The number of benzene rings is 1. The molecule has 3 heteroatoms. The van der Waals surface area contributed by atoms with Crippen molar-refractivity contribution < 1.29 is 4.39 Å². The van der Waals surface area contributed by atoms with E-state index in [2.05, 4.69) is 18.3 Å². The Morgan fingerprint density at radius 1 is 1.30 bits per heavy atom.